The molecule has 21 heavy (non-hydrogen) atoms. The molecule has 1 saturated heterocycles. The molecule has 1 heterocycles. The van der Waals surface area contributed by atoms with E-state index in [9.17, 15) is 0 Å². The molecule has 3 heteroatoms. The number of amidine groups is 1. The first kappa shape index (κ1) is 14.6. The van der Waals surface area contributed by atoms with Crippen LogP contribution in [0.5, 0.6) is 0 Å². The molecule has 3 nitrogen and oxygen atoms in total. The number of nitrogens with one attached hydrogen (secondary N) is 1. The van der Waals surface area contributed by atoms with E-state index < -0.39 is 0 Å². The summed E-state index contributed by atoms with van der Waals surface area (Å²) in [5, 5.41) is 7.78. The maximum Gasteiger partial charge on any atom is 0.0924 e. The zero-order valence-corrected chi connectivity index (χ0v) is 12.8. The summed E-state index contributed by atoms with van der Waals surface area (Å²) in [7, 11) is 0. The molecule has 1 saturated carbocycles. The van der Waals surface area contributed by atoms with Crippen molar-refractivity contribution in [2.45, 2.75) is 57.0 Å². The predicted octanol–water partition coefficient (Wildman–Crippen LogP) is 3.71. The van der Waals surface area contributed by atoms with Crippen LogP contribution in [0.2, 0.25) is 0 Å². The minimum atomic E-state index is 0.287. The lowest BCUT2D eigenvalue weighted by atomic mass is 9.77. The third kappa shape index (κ3) is 3.29. The first-order valence-electron chi connectivity index (χ1n) is 8.39. The fraction of sp³-hybridized carbons (Fsp3) is 0.611. The van der Waals surface area contributed by atoms with Gasteiger partial charge >= 0.3 is 0 Å². The molecule has 1 aliphatic heterocycles. The summed E-state index contributed by atoms with van der Waals surface area (Å²) in [6.45, 7) is 1.16. The lowest BCUT2D eigenvalue weighted by Gasteiger charge is -2.47. The van der Waals surface area contributed by atoms with Crippen LogP contribution in [0.4, 0.5) is 0 Å². The van der Waals surface area contributed by atoms with Crippen molar-refractivity contribution < 1.29 is 0 Å². The summed E-state index contributed by atoms with van der Waals surface area (Å²) in [5.74, 6) is 1.17. The van der Waals surface area contributed by atoms with Crippen LogP contribution in [-0.2, 0) is 0 Å². The number of hydrogen-bond acceptors (Lipinski definition) is 2. The largest absolute Gasteiger partial charge is 0.388 e. The van der Waals surface area contributed by atoms with Gasteiger partial charge in [0.25, 0.3) is 0 Å². The van der Waals surface area contributed by atoms with Gasteiger partial charge in [-0.05, 0) is 43.7 Å². The second-order valence-electron chi connectivity index (χ2n) is 6.65. The monoisotopic (exact) mass is 285 g/mol. The summed E-state index contributed by atoms with van der Waals surface area (Å²) in [6.07, 6.45) is 8.82. The van der Waals surface area contributed by atoms with Crippen LogP contribution in [-0.4, -0.2) is 23.3 Å². The zero-order chi connectivity index (χ0) is 14.7. The standard InChI is InChI=1S/C18H27N3/c19-18(20)13-17(15-7-2-1-3-8-15)21-12-6-10-14-9-4-5-11-16(14)21/h1-3,7-8,14,16-17H,4-6,9-13H2,(H3,19,20)/t14-,16-,17?/m1/s1. The van der Waals surface area contributed by atoms with Crippen molar-refractivity contribution >= 4 is 5.84 Å². The van der Waals surface area contributed by atoms with Crippen molar-refractivity contribution in [1.29, 1.82) is 5.41 Å². The van der Waals surface area contributed by atoms with E-state index in [1.807, 2.05) is 0 Å². The van der Waals surface area contributed by atoms with Gasteiger partial charge in [0.2, 0.25) is 0 Å². The van der Waals surface area contributed by atoms with Gasteiger partial charge < -0.3 is 5.73 Å². The van der Waals surface area contributed by atoms with E-state index in [-0.39, 0.29) is 6.04 Å². The molecule has 0 spiro atoms. The number of rotatable bonds is 4. The average molecular weight is 285 g/mol. The van der Waals surface area contributed by atoms with Crippen LogP contribution >= 0.6 is 0 Å². The van der Waals surface area contributed by atoms with Gasteiger partial charge in [-0.1, -0.05) is 43.2 Å². The van der Waals surface area contributed by atoms with Crippen molar-refractivity contribution in [3.8, 4) is 0 Å². The third-order valence-corrected chi connectivity index (χ3v) is 5.28. The molecule has 3 rings (SSSR count). The van der Waals surface area contributed by atoms with Crippen molar-refractivity contribution in [2.75, 3.05) is 6.54 Å². The van der Waals surface area contributed by atoms with Crippen LogP contribution in [0.25, 0.3) is 0 Å². The first-order valence-corrected chi connectivity index (χ1v) is 8.39. The predicted molar refractivity (Wildman–Crippen MR) is 87.4 cm³/mol. The smallest absolute Gasteiger partial charge is 0.0924 e. The second kappa shape index (κ2) is 6.61. The number of likely N-dealkylation sites (tertiary alicyclic amines) is 1. The quantitative estimate of drug-likeness (QED) is 0.654. The Labute approximate surface area is 128 Å². The summed E-state index contributed by atoms with van der Waals surface area (Å²) in [6, 6.07) is 11.6. The Morgan fingerprint density at radius 1 is 1.14 bits per heavy atom. The molecule has 1 aromatic carbocycles. The Morgan fingerprint density at radius 2 is 1.86 bits per heavy atom. The van der Waals surface area contributed by atoms with E-state index in [2.05, 4.69) is 35.2 Å². The van der Waals surface area contributed by atoms with Crippen molar-refractivity contribution in [3.63, 3.8) is 0 Å². The van der Waals surface area contributed by atoms with Crippen molar-refractivity contribution in [1.82, 2.24) is 4.90 Å². The van der Waals surface area contributed by atoms with E-state index in [1.165, 1.54) is 44.1 Å². The molecule has 1 aromatic rings. The molecule has 1 unspecified atom stereocenters. The zero-order valence-electron chi connectivity index (χ0n) is 12.8. The molecule has 114 valence electrons. The lowest BCUT2D eigenvalue weighted by molar-refractivity contribution is 0.0269. The molecule has 3 N–H and O–H groups in total. The number of piperidine rings is 1. The maximum absolute atomic E-state index is 7.78. The topological polar surface area (TPSA) is 53.1 Å². The molecule has 0 radical (unpaired) electrons. The molecule has 2 fully saturated rings. The Balaban J connectivity index is 1.86. The van der Waals surface area contributed by atoms with E-state index in [0.29, 0.717) is 18.3 Å². The normalized spacial score (nSPS) is 27.8. The fourth-order valence-electron chi connectivity index (χ4n) is 4.36. The number of fused-ring (bicyclic) bond motifs is 1. The highest BCUT2D eigenvalue weighted by Crippen LogP contribution is 2.40. The summed E-state index contributed by atoms with van der Waals surface area (Å²) < 4.78 is 0. The van der Waals surface area contributed by atoms with Gasteiger partial charge in [-0.3, -0.25) is 10.3 Å². The fourth-order valence-corrected chi connectivity index (χ4v) is 4.36. The average Bonchev–Trinajstić information content (AvgIpc) is 2.53. The van der Waals surface area contributed by atoms with Gasteiger partial charge in [0.05, 0.1) is 5.84 Å². The molecule has 3 atom stereocenters. The molecule has 0 bridgehead atoms. The van der Waals surface area contributed by atoms with Crippen molar-refractivity contribution in [2.24, 2.45) is 11.7 Å². The maximum atomic E-state index is 7.78. The minimum Gasteiger partial charge on any atom is -0.388 e. The lowest BCUT2D eigenvalue weighted by Crippen LogP contribution is -2.49. The summed E-state index contributed by atoms with van der Waals surface area (Å²) in [5.41, 5.74) is 7.08. The van der Waals surface area contributed by atoms with Gasteiger partial charge in [0.15, 0.2) is 0 Å². The molecule has 0 aromatic heterocycles. The van der Waals surface area contributed by atoms with Gasteiger partial charge in [-0.2, -0.15) is 0 Å². The van der Waals surface area contributed by atoms with Gasteiger partial charge in [0, 0.05) is 18.5 Å². The number of benzene rings is 1. The van der Waals surface area contributed by atoms with Crippen molar-refractivity contribution in [3.05, 3.63) is 35.9 Å². The van der Waals surface area contributed by atoms with E-state index in [4.69, 9.17) is 11.1 Å². The Morgan fingerprint density at radius 3 is 2.62 bits per heavy atom. The molecule has 2 aliphatic rings. The van der Waals surface area contributed by atoms with Crippen LogP contribution in [0.1, 0.15) is 56.6 Å². The van der Waals surface area contributed by atoms with Crippen LogP contribution in [0, 0.1) is 11.3 Å². The Bertz CT molecular complexity index is 469. The number of nitrogens with zero attached hydrogens (tertiary/aromatic N) is 1. The number of hydrogen-bond donors (Lipinski definition) is 2. The second-order valence-corrected chi connectivity index (χ2v) is 6.65. The van der Waals surface area contributed by atoms with Crippen LogP contribution in [0.3, 0.4) is 0 Å². The van der Waals surface area contributed by atoms with E-state index in [1.54, 1.807) is 0 Å². The van der Waals surface area contributed by atoms with E-state index >= 15 is 0 Å². The highest BCUT2D eigenvalue weighted by atomic mass is 15.2. The molecular formula is C18H27N3. The van der Waals surface area contributed by atoms with Gasteiger partial charge in [-0.15, -0.1) is 0 Å². The summed E-state index contributed by atoms with van der Waals surface area (Å²) >= 11 is 0. The van der Waals surface area contributed by atoms with Crippen LogP contribution < -0.4 is 5.73 Å². The Hall–Kier alpha value is -1.35. The van der Waals surface area contributed by atoms with Gasteiger partial charge in [0.1, 0.15) is 0 Å². The third-order valence-electron chi connectivity index (χ3n) is 5.28. The first-order chi connectivity index (χ1) is 10.3. The molecule has 0 amide bonds. The highest BCUT2D eigenvalue weighted by molar-refractivity contribution is 5.77. The molecule has 1 aliphatic carbocycles. The van der Waals surface area contributed by atoms with E-state index in [0.717, 1.165) is 12.5 Å². The number of nitrogens with two attached hydrogens (primary N) is 1. The highest BCUT2D eigenvalue weighted by Gasteiger charge is 2.37. The van der Waals surface area contributed by atoms with Crippen LogP contribution in [0.15, 0.2) is 30.3 Å². The molecular weight excluding hydrogens is 258 g/mol. The minimum absolute atomic E-state index is 0.287. The summed E-state index contributed by atoms with van der Waals surface area (Å²) in [4.78, 5) is 2.67. The van der Waals surface area contributed by atoms with Gasteiger partial charge in [-0.25, -0.2) is 0 Å². The Kier molecular flexibility index (Phi) is 4.59. The SMILES string of the molecule is N=C(N)CC(c1ccccc1)N1CCC[C@H]2CCCC[C@H]21.